The SMILES string of the molecule is COc1c(Cl)cccc1Nc1c(-c2ccncc2OC[C@@H]2COCCN2C(=O)O)[nH]c2c1C(=O)NCC2CCF. The summed E-state index contributed by atoms with van der Waals surface area (Å²) in [5.41, 5.74) is 2.98. The van der Waals surface area contributed by atoms with Crippen LogP contribution in [0.5, 0.6) is 11.5 Å². The Morgan fingerprint density at radius 1 is 1.38 bits per heavy atom. The third kappa shape index (κ3) is 5.36. The fraction of sp³-hybridized carbons (Fsp3) is 0.370. The first-order valence-corrected chi connectivity index (χ1v) is 13.1. The molecular weight excluding hydrogens is 545 g/mol. The molecule has 40 heavy (non-hydrogen) atoms. The van der Waals surface area contributed by atoms with E-state index in [0.717, 1.165) is 0 Å². The average molecular weight is 574 g/mol. The molecule has 0 saturated carbocycles. The largest absolute Gasteiger partial charge is 0.493 e. The topological polar surface area (TPSA) is 138 Å². The molecule has 3 aromatic rings. The van der Waals surface area contributed by atoms with Crippen LogP contribution >= 0.6 is 11.6 Å². The van der Waals surface area contributed by atoms with E-state index in [1.54, 1.807) is 30.5 Å². The molecule has 212 valence electrons. The van der Waals surface area contributed by atoms with Crippen molar-refractivity contribution in [2.45, 2.75) is 18.4 Å². The van der Waals surface area contributed by atoms with Crippen LogP contribution in [0.2, 0.25) is 5.02 Å². The molecule has 1 aromatic carbocycles. The predicted octanol–water partition coefficient (Wildman–Crippen LogP) is 4.43. The molecule has 5 rings (SSSR count). The summed E-state index contributed by atoms with van der Waals surface area (Å²) in [5, 5.41) is 16.1. The number of para-hydroxylation sites is 1. The van der Waals surface area contributed by atoms with Gasteiger partial charge in [0.1, 0.15) is 12.4 Å². The number of aromatic nitrogens is 2. The minimum absolute atomic E-state index is 0.0290. The number of carbonyl (C=O) groups excluding carboxylic acids is 1. The van der Waals surface area contributed by atoms with Crippen molar-refractivity contribution in [3.05, 3.63) is 52.9 Å². The normalized spacial score (nSPS) is 18.6. The van der Waals surface area contributed by atoms with Gasteiger partial charge in [-0.05, 0) is 24.6 Å². The molecule has 2 aliphatic heterocycles. The molecule has 4 N–H and O–H groups in total. The second kappa shape index (κ2) is 12.0. The number of halogens is 2. The van der Waals surface area contributed by atoms with Crippen molar-refractivity contribution in [2.24, 2.45) is 0 Å². The molecule has 1 saturated heterocycles. The molecule has 4 heterocycles. The molecule has 0 spiro atoms. The summed E-state index contributed by atoms with van der Waals surface area (Å²) in [4.78, 5) is 33.7. The molecule has 2 aromatic heterocycles. The van der Waals surface area contributed by atoms with Crippen LogP contribution in [0.1, 0.15) is 28.4 Å². The second-order valence-corrected chi connectivity index (χ2v) is 9.79. The lowest BCUT2D eigenvalue weighted by atomic mass is 9.94. The number of fused-ring (bicyclic) bond motifs is 1. The van der Waals surface area contributed by atoms with Crippen LogP contribution in [0.25, 0.3) is 11.3 Å². The summed E-state index contributed by atoms with van der Waals surface area (Å²) in [6.45, 7) is 0.535. The van der Waals surface area contributed by atoms with Gasteiger partial charge >= 0.3 is 6.09 Å². The second-order valence-electron chi connectivity index (χ2n) is 9.38. The number of benzene rings is 1. The number of hydrogen-bond donors (Lipinski definition) is 4. The molecule has 0 bridgehead atoms. The Bertz CT molecular complexity index is 1400. The lowest BCUT2D eigenvalue weighted by Crippen LogP contribution is -2.50. The van der Waals surface area contributed by atoms with Gasteiger partial charge in [0.05, 0.1) is 66.9 Å². The third-order valence-electron chi connectivity index (χ3n) is 7.02. The van der Waals surface area contributed by atoms with E-state index in [1.807, 2.05) is 0 Å². The number of hydrogen-bond acceptors (Lipinski definition) is 7. The van der Waals surface area contributed by atoms with Gasteiger partial charge in [0, 0.05) is 36.5 Å². The fourth-order valence-corrected chi connectivity index (χ4v) is 5.31. The van der Waals surface area contributed by atoms with Crippen LogP contribution < -0.4 is 20.1 Å². The number of H-pyrrole nitrogens is 1. The molecule has 0 aliphatic carbocycles. The number of pyridine rings is 1. The molecule has 1 unspecified atom stereocenters. The quantitative estimate of drug-likeness (QED) is 0.295. The molecule has 2 amide bonds. The highest BCUT2D eigenvalue weighted by Gasteiger charge is 2.34. The number of amides is 2. The summed E-state index contributed by atoms with van der Waals surface area (Å²) in [5.74, 6) is 0.159. The number of carboxylic acid groups (broad SMARTS) is 1. The predicted molar refractivity (Wildman–Crippen MR) is 146 cm³/mol. The summed E-state index contributed by atoms with van der Waals surface area (Å²) in [6.07, 6.45) is 2.28. The first-order chi connectivity index (χ1) is 19.4. The summed E-state index contributed by atoms with van der Waals surface area (Å²) >= 11 is 6.36. The monoisotopic (exact) mass is 573 g/mol. The van der Waals surface area contributed by atoms with E-state index in [-0.39, 0.29) is 38.0 Å². The number of nitrogens with one attached hydrogen (secondary N) is 3. The van der Waals surface area contributed by atoms with Crippen molar-refractivity contribution in [2.75, 3.05) is 52.0 Å². The van der Waals surface area contributed by atoms with E-state index >= 15 is 0 Å². The lowest BCUT2D eigenvalue weighted by molar-refractivity contribution is -0.0148. The molecule has 0 radical (unpaired) electrons. The average Bonchev–Trinajstić information content (AvgIpc) is 3.34. The zero-order valence-corrected chi connectivity index (χ0v) is 22.5. The first-order valence-electron chi connectivity index (χ1n) is 12.8. The number of nitrogens with zero attached hydrogens (tertiary/aromatic N) is 2. The van der Waals surface area contributed by atoms with Crippen molar-refractivity contribution >= 4 is 35.0 Å². The summed E-state index contributed by atoms with van der Waals surface area (Å²) in [6, 6.07) is 6.42. The zero-order valence-electron chi connectivity index (χ0n) is 21.7. The van der Waals surface area contributed by atoms with E-state index in [2.05, 4.69) is 20.6 Å². The molecule has 13 heteroatoms. The molecule has 1 fully saturated rings. The Labute approximate surface area is 234 Å². The summed E-state index contributed by atoms with van der Waals surface area (Å²) < 4.78 is 30.5. The fourth-order valence-electron chi connectivity index (χ4n) is 5.05. The molecule has 11 nitrogen and oxygen atoms in total. The van der Waals surface area contributed by atoms with E-state index in [1.165, 1.54) is 18.2 Å². The highest BCUT2D eigenvalue weighted by atomic mass is 35.5. The first kappa shape index (κ1) is 27.5. The van der Waals surface area contributed by atoms with Crippen molar-refractivity contribution in [1.29, 1.82) is 0 Å². The van der Waals surface area contributed by atoms with Crippen LogP contribution in [0.15, 0.2) is 36.7 Å². The van der Waals surface area contributed by atoms with E-state index in [4.69, 9.17) is 25.8 Å². The van der Waals surface area contributed by atoms with E-state index in [9.17, 15) is 19.1 Å². The Hall–Kier alpha value is -4.03. The third-order valence-corrected chi connectivity index (χ3v) is 7.32. The van der Waals surface area contributed by atoms with Crippen LogP contribution in [0, 0.1) is 0 Å². The molecule has 2 atom stereocenters. The molecular formula is C27H29ClFN5O6. The standard InChI is InChI=1S/C27H29ClFN5O6/c1-38-25-18(28)3-2-4-19(25)32-24-21-22(15(5-7-29)11-31-26(21)35)33-23(24)17-6-8-30-12-20(17)40-14-16-13-39-10-9-34(16)27(36)37/h2-4,6,8,12,15-16,32-33H,5,7,9-11,13-14H2,1H3,(H,31,35)(H,36,37)/t15?,16-/m0/s1. The van der Waals surface area contributed by atoms with Gasteiger partial charge in [0.15, 0.2) is 5.75 Å². The lowest BCUT2D eigenvalue weighted by Gasteiger charge is -2.33. The van der Waals surface area contributed by atoms with Crippen LogP contribution in [0.4, 0.5) is 20.6 Å². The number of morpholine rings is 1. The van der Waals surface area contributed by atoms with Crippen molar-refractivity contribution in [1.82, 2.24) is 20.2 Å². The number of rotatable bonds is 9. The minimum atomic E-state index is -1.05. The number of aromatic amines is 1. The Morgan fingerprint density at radius 2 is 2.23 bits per heavy atom. The van der Waals surface area contributed by atoms with Gasteiger partial charge in [-0.3, -0.25) is 19.1 Å². The van der Waals surface area contributed by atoms with Crippen molar-refractivity contribution in [3.8, 4) is 22.8 Å². The van der Waals surface area contributed by atoms with Crippen molar-refractivity contribution in [3.63, 3.8) is 0 Å². The highest BCUT2D eigenvalue weighted by molar-refractivity contribution is 6.32. The van der Waals surface area contributed by atoms with Gasteiger partial charge < -0.3 is 34.9 Å². The number of methoxy groups -OCH3 is 1. The Morgan fingerprint density at radius 3 is 3.00 bits per heavy atom. The van der Waals surface area contributed by atoms with Gasteiger partial charge in [-0.2, -0.15) is 0 Å². The van der Waals surface area contributed by atoms with Gasteiger partial charge in [-0.25, -0.2) is 4.79 Å². The number of carbonyl (C=O) groups is 2. The molecule has 2 aliphatic rings. The van der Waals surface area contributed by atoms with Crippen LogP contribution in [0.3, 0.4) is 0 Å². The van der Waals surface area contributed by atoms with Crippen molar-refractivity contribution < 1.29 is 33.3 Å². The van der Waals surface area contributed by atoms with E-state index in [0.29, 0.717) is 63.6 Å². The van der Waals surface area contributed by atoms with Crippen LogP contribution in [-0.2, 0) is 4.74 Å². The number of alkyl halides is 1. The highest BCUT2D eigenvalue weighted by Crippen LogP contribution is 2.44. The Kier molecular flexibility index (Phi) is 8.27. The van der Waals surface area contributed by atoms with Gasteiger partial charge in [-0.1, -0.05) is 17.7 Å². The smallest absolute Gasteiger partial charge is 0.407 e. The van der Waals surface area contributed by atoms with Crippen LogP contribution in [-0.4, -0.2) is 84.7 Å². The van der Waals surface area contributed by atoms with E-state index < -0.39 is 18.8 Å². The maximum absolute atomic E-state index is 13.5. The Balaban J connectivity index is 1.58. The maximum Gasteiger partial charge on any atom is 0.407 e. The van der Waals surface area contributed by atoms with Gasteiger partial charge in [0.25, 0.3) is 5.91 Å². The zero-order chi connectivity index (χ0) is 28.2. The number of ether oxygens (including phenoxy) is 3. The van der Waals surface area contributed by atoms with Gasteiger partial charge in [-0.15, -0.1) is 0 Å². The summed E-state index contributed by atoms with van der Waals surface area (Å²) in [7, 11) is 1.49. The maximum atomic E-state index is 13.5. The number of anilines is 2. The van der Waals surface area contributed by atoms with Gasteiger partial charge in [0.2, 0.25) is 0 Å². The minimum Gasteiger partial charge on any atom is -0.493 e.